The number of aliphatic hydroxyl groups is 4. The summed E-state index contributed by atoms with van der Waals surface area (Å²) < 4.78 is 48.7. The van der Waals surface area contributed by atoms with Crippen molar-refractivity contribution in [1.82, 2.24) is 0 Å². The zero-order valence-electron chi connectivity index (χ0n) is 31.9. The molecule has 56 heavy (non-hydrogen) atoms. The number of phenolic OH excluding ortho intramolecular Hbond substituents is 3. The molecule has 1 fully saturated rings. The molecule has 0 amide bonds. The molecule has 308 valence electrons. The van der Waals surface area contributed by atoms with Gasteiger partial charge in [0.25, 0.3) is 0 Å². The fraction of sp³-hybridized carbons (Fsp3) is 0.462. The maximum absolute atomic E-state index is 12.6. The van der Waals surface area contributed by atoms with Crippen LogP contribution in [0.4, 0.5) is 0 Å². The van der Waals surface area contributed by atoms with Crippen LogP contribution in [0, 0.1) is 11.8 Å². The number of benzene rings is 3. The van der Waals surface area contributed by atoms with Gasteiger partial charge in [0.15, 0.2) is 40.8 Å². The van der Waals surface area contributed by atoms with Crippen molar-refractivity contribution < 1.29 is 83.2 Å². The van der Waals surface area contributed by atoms with Gasteiger partial charge in [-0.3, -0.25) is 0 Å². The van der Waals surface area contributed by atoms with Gasteiger partial charge in [0.2, 0.25) is 17.2 Å². The summed E-state index contributed by atoms with van der Waals surface area (Å²) in [6.45, 7) is -1.06. The van der Waals surface area contributed by atoms with Gasteiger partial charge in [0.1, 0.15) is 31.0 Å². The Balaban J connectivity index is 1.54. The van der Waals surface area contributed by atoms with Crippen molar-refractivity contribution in [2.45, 2.75) is 43.5 Å². The average Bonchev–Trinajstić information content (AvgIpc) is 3.21. The van der Waals surface area contributed by atoms with Crippen molar-refractivity contribution in [1.29, 1.82) is 0 Å². The summed E-state index contributed by atoms with van der Waals surface area (Å²) >= 11 is 0. The van der Waals surface area contributed by atoms with E-state index in [0.717, 1.165) is 6.08 Å². The van der Waals surface area contributed by atoms with E-state index in [2.05, 4.69) is 0 Å². The van der Waals surface area contributed by atoms with Gasteiger partial charge in [-0.05, 0) is 83.8 Å². The number of hydrogen-bond donors (Lipinski definition) is 7. The Morgan fingerprint density at radius 2 is 1.09 bits per heavy atom. The lowest BCUT2D eigenvalue weighted by Gasteiger charge is -2.40. The Bertz CT molecular complexity index is 1720. The van der Waals surface area contributed by atoms with E-state index in [4.69, 9.17) is 42.6 Å². The summed E-state index contributed by atoms with van der Waals surface area (Å²) in [6.07, 6.45) is -5.04. The Morgan fingerprint density at radius 1 is 0.661 bits per heavy atom. The van der Waals surface area contributed by atoms with Crippen LogP contribution in [0.25, 0.3) is 6.08 Å². The Labute approximate surface area is 323 Å². The number of aliphatic hydroxyl groups excluding tert-OH is 4. The highest BCUT2D eigenvalue weighted by molar-refractivity contribution is 5.87. The van der Waals surface area contributed by atoms with E-state index in [-0.39, 0.29) is 77.8 Å². The molecule has 0 radical (unpaired) electrons. The number of rotatable bonds is 19. The van der Waals surface area contributed by atoms with E-state index in [1.807, 2.05) is 0 Å². The van der Waals surface area contributed by atoms with Gasteiger partial charge in [0.05, 0.1) is 49.3 Å². The predicted octanol–water partition coefficient (Wildman–Crippen LogP) is 1.95. The maximum Gasteiger partial charge on any atom is 0.330 e. The first-order valence-corrected chi connectivity index (χ1v) is 17.4. The van der Waals surface area contributed by atoms with Crippen LogP contribution in [0.1, 0.15) is 16.7 Å². The molecule has 0 aromatic heterocycles. The summed E-state index contributed by atoms with van der Waals surface area (Å²) in [5, 5.41) is 74.1. The molecule has 3 aromatic carbocycles. The molecular formula is C39H50O17. The van der Waals surface area contributed by atoms with E-state index in [1.165, 1.54) is 60.9 Å². The smallest absolute Gasteiger partial charge is 0.330 e. The van der Waals surface area contributed by atoms with Gasteiger partial charge in [-0.2, -0.15) is 0 Å². The van der Waals surface area contributed by atoms with E-state index in [9.17, 15) is 40.5 Å². The van der Waals surface area contributed by atoms with Crippen LogP contribution in [0.3, 0.4) is 0 Å². The molecule has 1 aliphatic heterocycles. The fourth-order valence-electron chi connectivity index (χ4n) is 6.28. The molecule has 1 aliphatic rings. The van der Waals surface area contributed by atoms with Crippen molar-refractivity contribution in [2.75, 3.05) is 62.5 Å². The fourth-order valence-corrected chi connectivity index (χ4v) is 6.28. The molecule has 1 heterocycles. The number of aromatic hydroxyl groups is 3. The Kier molecular flexibility index (Phi) is 15.7. The van der Waals surface area contributed by atoms with Crippen LogP contribution in [-0.2, 0) is 31.8 Å². The van der Waals surface area contributed by atoms with Gasteiger partial charge in [0, 0.05) is 12.7 Å². The second kappa shape index (κ2) is 20.1. The van der Waals surface area contributed by atoms with Crippen LogP contribution in [0.5, 0.6) is 51.7 Å². The predicted molar refractivity (Wildman–Crippen MR) is 198 cm³/mol. The molecule has 0 bridgehead atoms. The summed E-state index contributed by atoms with van der Waals surface area (Å²) in [4.78, 5) is 12.6. The summed E-state index contributed by atoms with van der Waals surface area (Å²) in [5.74, 6) is -1.71. The third-order valence-electron chi connectivity index (χ3n) is 9.42. The highest BCUT2D eigenvalue weighted by Gasteiger charge is 2.45. The molecule has 3 aromatic rings. The first-order chi connectivity index (χ1) is 26.8. The first-order valence-electron chi connectivity index (χ1n) is 17.4. The monoisotopic (exact) mass is 790 g/mol. The Hall–Kier alpha value is -5.17. The lowest BCUT2D eigenvalue weighted by Crippen LogP contribution is -2.59. The number of carbonyl (C=O) groups is 1. The molecule has 7 N–H and O–H groups in total. The van der Waals surface area contributed by atoms with Gasteiger partial charge in [-0.15, -0.1) is 0 Å². The van der Waals surface area contributed by atoms with Gasteiger partial charge in [-0.25, -0.2) is 4.79 Å². The number of carbonyl (C=O) groups excluding carboxylic acids is 1. The van der Waals surface area contributed by atoms with Gasteiger partial charge < -0.3 is 78.4 Å². The first kappa shape index (κ1) is 43.6. The quantitative estimate of drug-likeness (QED) is 0.0678. The van der Waals surface area contributed by atoms with Crippen molar-refractivity contribution >= 4 is 12.0 Å². The molecular weight excluding hydrogens is 740 g/mol. The number of phenols is 3. The second-order valence-corrected chi connectivity index (χ2v) is 12.9. The minimum atomic E-state index is -1.75. The molecule has 17 nitrogen and oxygen atoms in total. The summed E-state index contributed by atoms with van der Waals surface area (Å²) in [7, 11) is 8.27. The number of ether oxygens (including phenoxy) is 9. The molecule has 17 heteroatoms. The lowest BCUT2D eigenvalue weighted by atomic mass is 9.83. The van der Waals surface area contributed by atoms with Crippen LogP contribution < -0.4 is 28.4 Å². The minimum Gasteiger partial charge on any atom is -0.502 e. The van der Waals surface area contributed by atoms with Crippen molar-refractivity contribution in [3.8, 4) is 51.7 Å². The molecule has 7 atom stereocenters. The minimum absolute atomic E-state index is 0.116. The van der Waals surface area contributed by atoms with E-state index in [0.29, 0.717) is 16.7 Å². The molecule has 1 saturated heterocycles. The highest BCUT2D eigenvalue weighted by atomic mass is 16.7. The molecule has 0 saturated carbocycles. The standard InChI is InChI=1S/C39H50O17/c1-48-25-11-20(12-26(49-2)33(25)42)7-8-32(41)54-19-31-36(45)37(46)38(47)39(56-31)55-18-24(10-22-15-29(52-5)35(44)30(16-22)53-6)23(17-40)9-21-13-27(50-3)34(43)28(14-21)51-4/h7-8,11-16,23-24,31,36-40,42-47H,9-10,17-19H2,1-6H3/t23-,24-,31-,36-,37+,38-,39-/m1/s1. The molecule has 0 spiro atoms. The van der Waals surface area contributed by atoms with Gasteiger partial charge in [-0.1, -0.05) is 0 Å². The summed E-state index contributed by atoms with van der Waals surface area (Å²) in [5.41, 5.74) is 1.72. The van der Waals surface area contributed by atoms with E-state index < -0.39 is 55.1 Å². The van der Waals surface area contributed by atoms with E-state index >= 15 is 0 Å². The number of hydrogen-bond acceptors (Lipinski definition) is 17. The van der Waals surface area contributed by atoms with E-state index in [1.54, 1.807) is 24.3 Å². The van der Waals surface area contributed by atoms with Crippen LogP contribution in [0.2, 0.25) is 0 Å². The van der Waals surface area contributed by atoms with Crippen LogP contribution in [-0.4, -0.2) is 135 Å². The average molecular weight is 791 g/mol. The number of methoxy groups -OCH3 is 6. The topological polar surface area (TPSA) is 242 Å². The van der Waals surface area contributed by atoms with Crippen molar-refractivity contribution in [3.63, 3.8) is 0 Å². The molecule has 0 unspecified atom stereocenters. The Morgan fingerprint density at radius 3 is 1.52 bits per heavy atom. The second-order valence-electron chi connectivity index (χ2n) is 12.9. The third kappa shape index (κ3) is 10.4. The zero-order valence-corrected chi connectivity index (χ0v) is 31.9. The maximum atomic E-state index is 12.6. The molecule has 4 rings (SSSR count). The highest BCUT2D eigenvalue weighted by Crippen LogP contribution is 2.41. The van der Waals surface area contributed by atoms with Gasteiger partial charge >= 0.3 is 5.97 Å². The lowest BCUT2D eigenvalue weighted by molar-refractivity contribution is -0.304. The third-order valence-corrected chi connectivity index (χ3v) is 9.42. The number of esters is 1. The van der Waals surface area contributed by atoms with Crippen LogP contribution >= 0.6 is 0 Å². The SMILES string of the molecule is COc1cc(C=CC(=O)OC[C@H]2O[C@@H](OC[C@@H](Cc3cc(OC)c(O)c(OC)c3)[C@@H](CO)Cc3cc(OC)c(O)c(OC)c3)[C@H](O)[C@@H](O)[C@@H]2O)cc(OC)c1O. The van der Waals surface area contributed by atoms with Crippen molar-refractivity contribution in [3.05, 3.63) is 59.2 Å². The normalized spacial score (nSPS) is 20.6. The largest absolute Gasteiger partial charge is 0.502 e. The van der Waals surface area contributed by atoms with Crippen molar-refractivity contribution in [2.24, 2.45) is 11.8 Å². The van der Waals surface area contributed by atoms with Crippen LogP contribution in [0.15, 0.2) is 42.5 Å². The zero-order chi connectivity index (χ0) is 41.1. The summed E-state index contributed by atoms with van der Waals surface area (Å²) in [6, 6.07) is 9.36. The molecule has 0 aliphatic carbocycles.